The van der Waals surface area contributed by atoms with E-state index in [1.54, 1.807) is 0 Å². The second-order valence-electron chi connectivity index (χ2n) is 9.92. The number of hydrogen-bond acceptors (Lipinski definition) is 1. The largest absolute Gasteiger partial charge is 0.355 e. The standard InChI is InChI=1S/C38H27N/c1-2-10-27(11-3-1)28-20-22-29(23-21-28)30-13-8-15-33(24-30)39-34-16-9-14-31(25-34)38-26-32-12-4-5-17-35(32)36-18-6-7-19-37(36)38/h1-26,39H. The summed E-state index contributed by atoms with van der Waals surface area (Å²) < 4.78 is 0. The SMILES string of the molecule is c1ccc(-c2ccc(-c3cccc(Nc4cccc(-c5cc6ccccc6c6ccccc56)c4)c3)cc2)cc1. The van der Waals surface area contributed by atoms with Crippen LogP contribution in [0.4, 0.5) is 11.4 Å². The molecule has 7 rings (SSSR count). The number of rotatable bonds is 5. The maximum absolute atomic E-state index is 3.65. The fourth-order valence-electron chi connectivity index (χ4n) is 5.49. The van der Waals surface area contributed by atoms with E-state index >= 15 is 0 Å². The minimum atomic E-state index is 1.07. The van der Waals surface area contributed by atoms with Gasteiger partial charge in [0, 0.05) is 11.4 Å². The van der Waals surface area contributed by atoms with Crippen LogP contribution in [0.15, 0.2) is 158 Å². The molecule has 0 fully saturated rings. The average molecular weight is 498 g/mol. The monoisotopic (exact) mass is 497 g/mol. The molecule has 0 radical (unpaired) electrons. The van der Waals surface area contributed by atoms with Crippen LogP contribution in [0.5, 0.6) is 0 Å². The molecule has 0 saturated carbocycles. The van der Waals surface area contributed by atoms with E-state index in [2.05, 4.69) is 163 Å². The van der Waals surface area contributed by atoms with Gasteiger partial charge in [-0.05, 0) is 85.3 Å². The lowest BCUT2D eigenvalue weighted by Gasteiger charge is -2.13. The van der Waals surface area contributed by atoms with Gasteiger partial charge in [-0.3, -0.25) is 0 Å². The van der Waals surface area contributed by atoms with Crippen LogP contribution in [0, 0.1) is 0 Å². The van der Waals surface area contributed by atoms with Crippen LogP contribution in [0.25, 0.3) is 54.9 Å². The lowest BCUT2D eigenvalue weighted by atomic mass is 9.93. The molecule has 0 atom stereocenters. The molecule has 1 nitrogen and oxygen atoms in total. The molecular weight excluding hydrogens is 470 g/mol. The quantitative estimate of drug-likeness (QED) is 0.233. The molecule has 0 aromatic heterocycles. The summed E-state index contributed by atoms with van der Waals surface area (Å²) in [6.07, 6.45) is 0. The van der Waals surface area contributed by atoms with Crippen molar-refractivity contribution in [2.45, 2.75) is 0 Å². The van der Waals surface area contributed by atoms with E-state index in [-0.39, 0.29) is 0 Å². The molecule has 0 heterocycles. The number of hydrogen-bond donors (Lipinski definition) is 1. The van der Waals surface area contributed by atoms with Crippen molar-refractivity contribution < 1.29 is 0 Å². The van der Waals surface area contributed by atoms with Crippen LogP contribution in [-0.4, -0.2) is 0 Å². The van der Waals surface area contributed by atoms with Gasteiger partial charge in [0.1, 0.15) is 0 Å². The van der Waals surface area contributed by atoms with Crippen LogP contribution in [0.1, 0.15) is 0 Å². The van der Waals surface area contributed by atoms with Crippen molar-refractivity contribution in [1.29, 1.82) is 0 Å². The van der Waals surface area contributed by atoms with Gasteiger partial charge in [0.25, 0.3) is 0 Å². The Kier molecular flexibility index (Phi) is 5.88. The molecule has 0 saturated heterocycles. The van der Waals surface area contributed by atoms with Crippen LogP contribution < -0.4 is 5.32 Å². The van der Waals surface area contributed by atoms with Crippen LogP contribution in [-0.2, 0) is 0 Å². The minimum absolute atomic E-state index is 1.07. The summed E-state index contributed by atoms with van der Waals surface area (Å²) in [5, 5.41) is 8.76. The molecule has 0 aliphatic rings. The van der Waals surface area contributed by atoms with E-state index in [1.165, 1.54) is 54.9 Å². The molecule has 0 amide bonds. The first-order valence-corrected chi connectivity index (χ1v) is 13.4. The first-order valence-electron chi connectivity index (χ1n) is 13.4. The molecule has 0 unspecified atom stereocenters. The molecule has 39 heavy (non-hydrogen) atoms. The Labute approximate surface area is 229 Å². The summed E-state index contributed by atoms with van der Waals surface area (Å²) in [6.45, 7) is 0. The fourth-order valence-corrected chi connectivity index (χ4v) is 5.49. The first-order chi connectivity index (χ1) is 19.3. The molecule has 0 aliphatic carbocycles. The van der Waals surface area contributed by atoms with Crippen molar-refractivity contribution >= 4 is 32.9 Å². The van der Waals surface area contributed by atoms with E-state index in [1.807, 2.05) is 0 Å². The van der Waals surface area contributed by atoms with Gasteiger partial charge < -0.3 is 5.32 Å². The Morgan fingerprint density at radius 3 is 1.56 bits per heavy atom. The maximum atomic E-state index is 3.65. The van der Waals surface area contributed by atoms with Crippen LogP contribution in [0.3, 0.4) is 0 Å². The summed E-state index contributed by atoms with van der Waals surface area (Å²) in [7, 11) is 0. The second kappa shape index (κ2) is 9.96. The highest BCUT2D eigenvalue weighted by Gasteiger charge is 2.09. The second-order valence-corrected chi connectivity index (χ2v) is 9.92. The summed E-state index contributed by atoms with van der Waals surface area (Å²) in [6, 6.07) is 56.3. The Hall–Kier alpha value is -5.14. The van der Waals surface area contributed by atoms with Gasteiger partial charge in [0.2, 0.25) is 0 Å². The van der Waals surface area contributed by atoms with E-state index in [9.17, 15) is 0 Å². The van der Waals surface area contributed by atoms with Gasteiger partial charge in [0.15, 0.2) is 0 Å². The number of fused-ring (bicyclic) bond motifs is 3. The zero-order valence-electron chi connectivity index (χ0n) is 21.5. The van der Waals surface area contributed by atoms with Crippen molar-refractivity contribution in [3.63, 3.8) is 0 Å². The molecule has 0 spiro atoms. The zero-order chi connectivity index (χ0) is 26.0. The molecule has 0 aliphatic heterocycles. The highest BCUT2D eigenvalue weighted by Crippen LogP contribution is 2.36. The number of anilines is 2. The number of benzene rings is 7. The van der Waals surface area contributed by atoms with Crippen LogP contribution >= 0.6 is 0 Å². The van der Waals surface area contributed by atoms with E-state index in [0.717, 1.165) is 11.4 Å². The molecule has 1 heteroatoms. The molecule has 0 bridgehead atoms. The molecule has 1 N–H and O–H groups in total. The van der Waals surface area contributed by atoms with Crippen molar-refractivity contribution in [1.82, 2.24) is 0 Å². The normalized spacial score (nSPS) is 11.1. The maximum Gasteiger partial charge on any atom is 0.0390 e. The number of nitrogens with one attached hydrogen (secondary N) is 1. The van der Waals surface area contributed by atoms with Gasteiger partial charge in [-0.2, -0.15) is 0 Å². The summed E-state index contributed by atoms with van der Waals surface area (Å²) in [5.74, 6) is 0. The molecular formula is C38H27N. The van der Waals surface area contributed by atoms with Gasteiger partial charge >= 0.3 is 0 Å². The van der Waals surface area contributed by atoms with Crippen molar-refractivity contribution in [3.05, 3.63) is 158 Å². The minimum Gasteiger partial charge on any atom is -0.355 e. The van der Waals surface area contributed by atoms with Crippen LogP contribution in [0.2, 0.25) is 0 Å². The fraction of sp³-hybridized carbons (Fsp3) is 0. The summed E-state index contributed by atoms with van der Waals surface area (Å²) in [5.41, 5.74) is 9.45. The van der Waals surface area contributed by atoms with Gasteiger partial charge in [-0.25, -0.2) is 0 Å². The van der Waals surface area contributed by atoms with E-state index in [4.69, 9.17) is 0 Å². The van der Waals surface area contributed by atoms with Crippen molar-refractivity contribution in [2.75, 3.05) is 5.32 Å². The Morgan fingerprint density at radius 2 is 0.821 bits per heavy atom. The zero-order valence-corrected chi connectivity index (χ0v) is 21.5. The van der Waals surface area contributed by atoms with Crippen molar-refractivity contribution in [3.8, 4) is 33.4 Å². The first kappa shape index (κ1) is 23.0. The van der Waals surface area contributed by atoms with Gasteiger partial charge in [-0.1, -0.05) is 127 Å². The lowest BCUT2D eigenvalue weighted by Crippen LogP contribution is -1.92. The third-order valence-electron chi connectivity index (χ3n) is 7.42. The molecule has 7 aromatic carbocycles. The van der Waals surface area contributed by atoms with E-state index in [0.29, 0.717) is 0 Å². The van der Waals surface area contributed by atoms with E-state index < -0.39 is 0 Å². The third kappa shape index (κ3) is 4.56. The van der Waals surface area contributed by atoms with Gasteiger partial charge in [0.05, 0.1) is 0 Å². The molecule has 184 valence electrons. The predicted molar refractivity (Wildman–Crippen MR) is 167 cm³/mol. The topological polar surface area (TPSA) is 12.0 Å². The van der Waals surface area contributed by atoms with Crippen molar-refractivity contribution in [2.24, 2.45) is 0 Å². The predicted octanol–water partition coefficient (Wildman–Crippen LogP) is 10.7. The molecule has 7 aromatic rings. The summed E-state index contributed by atoms with van der Waals surface area (Å²) in [4.78, 5) is 0. The Bertz CT molecular complexity index is 1920. The highest BCUT2D eigenvalue weighted by atomic mass is 14.9. The highest BCUT2D eigenvalue weighted by molar-refractivity contribution is 6.13. The Morgan fingerprint density at radius 1 is 0.308 bits per heavy atom. The average Bonchev–Trinajstić information content (AvgIpc) is 3.01. The van der Waals surface area contributed by atoms with Gasteiger partial charge in [-0.15, -0.1) is 0 Å². The smallest absolute Gasteiger partial charge is 0.0390 e. The Balaban J connectivity index is 1.20. The third-order valence-corrected chi connectivity index (χ3v) is 7.42. The summed E-state index contributed by atoms with van der Waals surface area (Å²) >= 11 is 0. The lowest BCUT2D eigenvalue weighted by molar-refractivity contribution is 1.53.